The maximum Gasteiger partial charge on any atom is 0.300 e. The number of carbonyl (C=O) groups is 2. The van der Waals surface area contributed by atoms with Crippen LogP contribution < -0.4 is 9.80 Å². The average Bonchev–Trinajstić information content (AvgIpc) is 3.12. The number of benzene rings is 2. The van der Waals surface area contributed by atoms with Gasteiger partial charge in [0.05, 0.1) is 11.6 Å². The molecule has 3 aromatic rings. The molecule has 1 aromatic heterocycles. The van der Waals surface area contributed by atoms with Gasteiger partial charge in [-0.05, 0) is 80.8 Å². The van der Waals surface area contributed by atoms with Gasteiger partial charge in [-0.25, -0.2) is 0 Å². The van der Waals surface area contributed by atoms with Gasteiger partial charge >= 0.3 is 0 Å². The lowest BCUT2D eigenvalue weighted by Crippen LogP contribution is -2.29. The van der Waals surface area contributed by atoms with Gasteiger partial charge < -0.3 is 10.0 Å². The van der Waals surface area contributed by atoms with Crippen molar-refractivity contribution in [3.05, 3.63) is 94.8 Å². The second-order valence-corrected chi connectivity index (χ2v) is 8.44. The van der Waals surface area contributed by atoms with Crippen molar-refractivity contribution in [2.24, 2.45) is 0 Å². The summed E-state index contributed by atoms with van der Waals surface area (Å²) in [5.74, 6) is -1.56. The first-order valence-electron chi connectivity index (χ1n) is 11.5. The SMILES string of the molecule is CCN(CC)c1ccc(C2/C(=C(\O)c3ccncc3)C(=O)C(=O)N2c2ccc(C)c(C)c2)cc1. The third kappa shape index (κ3) is 4.07. The fourth-order valence-electron chi connectivity index (χ4n) is 4.41. The fourth-order valence-corrected chi connectivity index (χ4v) is 4.41. The summed E-state index contributed by atoms with van der Waals surface area (Å²) in [7, 11) is 0. The number of aromatic nitrogens is 1. The van der Waals surface area contributed by atoms with Gasteiger partial charge in [0, 0.05) is 42.4 Å². The first kappa shape index (κ1) is 23.2. The minimum atomic E-state index is -0.749. The van der Waals surface area contributed by atoms with Crippen LogP contribution in [0.1, 0.15) is 42.1 Å². The third-order valence-corrected chi connectivity index (χ3v) is 6.50. The van der Waals surface area contributed by atoms with Crippen LogP contribution in [0.15, 0.2) is 72.6 Å². The second kappa shape index (κ2) is 9.51. The molecule has 1 amide bonds. The highest BCUT2D eigenvalue weighted by Gasteiger charge is 2.47. The highest BCUT2D eigenvalue weighted by molar-refractivity contribution is 6.51. The van der Waals surface area contributed by atoms with Crippen molar-refractivity contribution in [2.75, 3.05) is 22.9 Å². The number of carbonyl (C=O) groups excluding carboxylic acids is 2. The number of anilines is 2. The number of Topliss-reactive ketones (excluding diaryl/α,β-unsaturated/α-hetero) is 1. The Morgan fingerprint density at radius 2 is 1.59 bits per heavy atom. The zero-order valence-corrected chi connectivity index (χ0v) is 19.9. The van der Waals surface area contributed by atoms with E-state index in [1.165, 1.54) is 4.90 Å². The molecule has 1 unspecified atom stereocenters. The molecule has 4 rings (SSSR count). The monoisotopic (exact) mass is 455 g/mol. The van der Waals surface area contributed by atoms with Gasteiger partial charge in [-0.2, -0.15) is 0 Å². The Balaban J connectivity index is 1.90. The van der Waals surface area contributed by atoms with Gasteiger partial charge in [0.1, 0.15) is 5.76 Å². The summed E-state index contributed by atoms with van der Waals surface area (Å²) >= 11 is 0. The number of rotatable bonds is 6. The van der Waals surface area contributed by atoms with Gasteiger partial charge in [-0.15, -0.1) is 0 Å². The van der Waals surface area contributed by atoms with Crippen LogP contribution in [0.2, 0.25) is 0 Å². The Kier molecular flexibility index (Phi) is 6.50. The number of amides is 1. The van der Waals surface area contributed by atoms with E-state index in [-0.39, 0.29) is 11.3 Å². The first-order chi connectivity index (χ1) is 16.4. The smallest absolute Gasteiger partial charge is 0.300 e. The normalized spacial score (nSPS) is 17.3. The quantitative estimate of drug-likeness (QED) is 0.315. The summed E-state index contributed by atoms with van der Waals surface area (Å²) in [5.41, 5.74) is 5.07. The van der Waals surface area contributed by atoms with Crippen LogP contribution in [0, 0.1) is 13.8 Å². The maximum absolute atomic E-state index is 13.3. The van der Waals surface area contributed by atoms with Crippen LogP contribution >= 0.6 is 0 Å². The summed E-state index contributed by atoms with van der Waals surface area (Å²) in [4.78, 5) is 34.3. The van der Waals surface area contributed by atoms with Crippen LogP contribution in [0.3, 0.4) is 0 Å². The van der Waals surface area contributed by atoms with Crippen molar-refractivity contribution in [3.8, 4) is 0 Å². The van der Waals surface area contributed by atoms with Crippen LogP contribution in [0.25, 0.3) is 5.76 Å². The van der Waals surface area contributed by atoms with Crippen LogP contribution in [-0.4, -0.2) is 34.9 Å². The molecule has 0 spiro atoms. The minimum absolute atomic E-state index is 0.0741. The maximum atomic E-state index is 13.3. The Morgan fingerprint density at radius 1 is 0.941 bits per heavy atom. The van der Waals surface area contributed by atoms with E-state index in [4.69, 9.17) is 0 Å². The Labute approximate surface area is 200 Å². The number of aliphatic hydroxyl groups is 1. The summed E-state index contributed by atoms with van der Waals surface area (Å²) in [6.07, 6.45) is 3.09. The highest BCUT2D eigenvalue weighted by atomic mass is 16.3. The van der Waals surface area contributed by atoms with Gasteiger partial charge in [-0.1, -0.05) is 18.2 Å². The molecule has 34 heavy (non-hydrogen) atoms. The van der Waals surface area contributed by atoms with Crippen LogP contribution in [0.5, 0.6) is 0 Å². The van der Waals surface area contributed by atoms with E-state index < -0.39 is 17.7 Å². The third-order valence-electron chi connectivity index (χ3n) is 6.50. The molecule has 1 saturated heterocycles. The summed E-state index contributed by atoms with van der Waals surface area (Å²) in [6.45, 7) is 9.92. The van der Waals surface area contributed by atoms with Gasteiger partial charge in [0.25, 0.3) is 11.7 Å². The summed E-state index contributed by atoms with van der Waals surface area (Å²) < 4.78 is 0. The van der Waals surface area contributed by atoms with Gasteiger partial charge in [-0.3, -0.25) is 19.5 Å². The fraction of sp³-hybridized carbons (Fsp3) is 0.250. The van der Waals surface area contributed by atoms with Crippen molar-refractivity contribution in [1.82, 2.24) is 4.98 Å². The molecule has 1 fully saturated rings. The van der Waals surface area contributed by atoms with E-state index in [2.05, 4.69) is 23.7 Å². The molecule has 1 atom stereocenters. The lowest BCUT2D eigenvalue weighted by Gasteiger charge is -2.27. The second-order valence-electron chi connectivity index (χ2n) is 8.44. The van der Waals surface area contributed by atoms with E-state index in [0.717, 1.165) is 35.5 Å². The van der Waals surface area contributed by atoms with Crippen molar-refractivity contribution in [1.29, 1.82) is 0 Å². The zero-order valence-electron chi connectivity index (χ0n) is 19.9. The molecular formula is C28H29N3O3. The van der Waals surface area contributed by atoms with Crippen LogP contribution in [-0.2, 0) is 9.59 Å². The average molecular weight is 456 g/mol. The van der Waals surface area contributed by atoms with Crippen molar-refractivity contribution >= 4 is 28.8 Å². The number of aliphatic hydroxyl groups excluding tert-OH is 1. The van der Waals surface area contributed by atoms with E-state index >= 15 is 0 Å². The molecule has 0 saturated carbocycles. The zero-order chi connectivity index (χ0) is 24.4. The molecule has 0 bridgehead atoms. The molecule has 0 aliphatic carbocycles. The number of aryl methyl sites for hydroxylation is 2. The number of hydrogen-bond acceptors (Lipinski definition) is 5. The molecule has 1 aliphatic heterocycles. The van der Waals surface area contributed by atoms with E-state index in [1.54, 1.807) is 24.5 Å². The van der Waals surface area contributed by atoms with E-state index in [0.29, 0.717) is 11.3 Å². The lowest BCUT2D eigenvalue weighted by atomic mass is 9.95. The summed E-state index contributed by atoms with van der Waals surface area (Å²) in [6, 6.07) is 16.0. The number of pyridine rings is 1. The minimum Gasteiger partial charge on any atom is -0.507 e. The number of ketones is 1. The van der Waals surface area contributed by atoms with Crippen molar-refractivity contribution < 1.29 is 14.7 Å². The molecule has 174 valence electrons. The predicted molar refractivity (Wildman–Crippen MR) is 135 cm³/mol. The Hall–Kier alpha value is -3.93. The van der Waals surface area contributed by atoms with Gasteiger partial charge in [0.2, 0.25) is 0 Å². The van der Waals surface area contributed by atoms with E-state index in [1.807, 2.05) is 56.3 Å². The van der Waals surface area contributed by atoms with Crippen LogP contribution in [0.4, 0.5) is 11.4 Å². The molecule has 0 radical (unpaired) electrons. The molecule has 6 heteroatoms. The molecular weight excluding hydrogens is 426 g/mol. The first-order valence-corrected chi connectivity index (χ1v) is 11.5. The van der Waals surface area contributed by atoms with Crippen molar-refractivity contribution in [3.63, 3.8) is 0 Å². The molecule has 2 heterocycles. The molecule has 6 nitrogen and oxygen atoms in total. The standard InChI is InChI=1S/C28H29N3O3/c1-5-30(6-2)22-11-8-20(9-12-22)25-24(26(32)21-13-15-29-16-14-21)27(33)28(34)31(25)23-10-7-18(3)19(4)17-23/h7-17,25,32H,5-6H2,1-4H3/b26-24+. The summed E-state index contributed by atoms with van der Waals surface area (Å²) in [5, 5.41) is 11.2. The molecule has 1 N–H and O–H groups in total. The molecule has 1 aliphatic rings. The Morgan fingerprint density at radius 3 is 2.18 bits per heavy atom. The predicted octanol–water partition coefficient (Wildman–Crippen LogP) is 5.17. The molecule has 2 aromatic carbocycles. The van der Waals surface area contributed by atoms with Crippen molar-refractivity contribution in [2.45, 2.75) is 33.7 Å². The lowest BCUT2D eigenvalue weighted by molar-refractivity contribution is -0.132. The Bertz CT molecular complexity index is 1250. The van der Waals surface area contributed by atoms with Gasteiger partial charge in [0.15, 0.2) is 0 Å². The number of nitrogens with zero attached hydrogens (tertiary/aromatic N) is 3. The largest absolute Gasteiger partial charge is 0.507 e. The topological polar surface area (TPSA) is 73.7 Å². The highest BCUT2D eigenvalue weighted by Crippen LogP contribution is 2.42. The number of hydrogen-bond donors (Lipinski definition) is 1. The van der Waals surface area contributed by atoms with E-state index in [9.17, 15) is 14.7 Å².